The molecule has 4 heterocycles. The van der Waals surface area contributed by atoms with E-state index in [0.29, 0.717) is 45.4 Å². The molecule has 2 aromatic carbocycles. The van der Waals surface area contributed by atoms with E-state index in [2.05, 4.69) is 39.5 Å². The Morgan fingerprint density at radius 3 is 2.56 bits per heavy atom. The molecule has 12 heteroatoms. The van der Waals surface area contributed by atoms with E-state index < -0.39 is 0 Å². The van der Waals surface area contributed by atoms with Crippen LogP contribution >= 0.6 is 0 Å². The maximum atomic E-state index is 13.9. The number of fused-ring (bicyclic) bond motifs is 2. The molecule has 0 saturated heterocycles. The summed E-state index contributed by atoms with van der Waals surface area (Å²) in [6.45, 7) is 4.43. The molecule has 1 saturated carbocycles. The predicted molar refractivity (Wildman–Crippen MR) is 193 cm³/mol. The number of para-hydroxylation sites is 1. The van der Waals surface area contributed by atoms with Crippen LogP contribution in [0.5, 0.6) is 5.75 Å². The first-order chi connectivity index (χ1) is 24.1. The van der Waals surface area contributed by atoms with Crippen LogP contribution in [0.4, 0.5) is 17.2 Å². The molecule has 2 amide bonds. The first-order valence-corrected chi connectivity index (χ1v) is 16.6. The third-order valence-electron chi connectivity index (χ3n) is 8.86. The molecule has 4 aromatic heterocycles. The average Bonchev–Trinajstić information content (AvgIpc) is 3.86. The van der Waals surface area contributed by atoms with E-state index in [9.17, 15) is 14.4 Å². The molecule has 1 aliphatic rings. The Morgan fingerprint density at radius 2 is 1.82 bits per heavy atom. The molecule has 0 radical (unpaired) electrons. The molecule has 0 aliphatic heterocycles. The van der Waals surface area contributed by atoms with Crippen LogP contribution in [0.2, 0.25) is 0 Å². The average molecular weight is 671 g/mol. The number of ether oxygens (including phenoxy) is 1. The zero-order valence-electron chi connectivity index (χ0n) is 28.6. The first kappa shape index (κ1) is 32.5. The second-order valence-electron chi connectivity index (χ2n) is 13.1. The zero-order valence-corrected chi connectivity index (χ0v) is 28.6. The van der Waals surface area contributed by atoms with Crippen molar-refractivity contribution in [3.63, 3.8) is 0 Å². The van der Waals surface area contributed by atoms with Gasteiger partial charge in [-0.1, -0.05) is 38.1 Å². The van der Waals surface area contributed by atoms with Crippen molar-refractivity contribution < 1.29 is 14.3 Å². The van der Waals surface area contributed by atoms with Crippen molar-refractivity contribution in [2.75, 3.05) is 31.8 Å². The summed E-state index contributed by atoms with van der Waals surface area (Å²) >= 11 is 0. The van der Waals surface area contributed by atoms with E-state index in [4.69, 9.17) is 4.74 Å². The highest BCUT2D eigenvalue weighted by Crippen LogP contribution is 2.40. The van der Waals surface area contributed by atoms with Crippen LogP contribution in [0.3, 0.4) is 0 Å². The summed E-state index contributed by atoms with van der Waals surface area (Å²) in [4.78, 5) is 49.4. The van der Waals surface area contributed by atoms with Gasteiger partial charge in [-0.15, -0.1) is 5.10 Å². The molecule has 0 unspecified atom stereocenters. The van der Waals surface area contributed by atoms with E-state index in [1.165, 1.54) is 4.90 Å². The maximum absolute atomic E-state index is 13.9. The molecule has 1 fully saturated rings. The van der Waals surface area contributed by atoms with Crippen LogP contribution in [-0.2, 0) is 11.3 Å². The highest BCUT2D eigenvalue weighted by Gasteiger charge is 2.30. The Balaban J connectivity index is 1.25. The highest BCUT2D eigenvalue weighted by atomic mass is 16.5. The summed E-state index contributed by atoms with van der Waals surface area (Å²) in [7, 11) is 4.99. The molecule has 0 spiro atoms. The van der Waals surface area contributed by atoms with Gasteiger partial charge in [0.25, 0.3) is 11.5 Å². The molecule has 0 bridgehead atoms. The number of carbonyl (C=O) groups excluding carboxylic acids is 2. The van der Waals surface area contributed by atoms with Gasteiger partial charge in [0.05, 0.1) is 30.7 Å². The highest BCUT2D eigenvalue weighted by molar-refractivity contribution is 5.95. The number of aromatic nitrogens is 5. The van der Waals surface area contributed by atoms with E-state index in [1.807, 2.05) is 48.7 Å². The minimum Gasteiger partial charge on any atom is -0.494 e. The fourth-order valence-corrected chi connectivity index (χ4v) is 6.13. The van der Waals surface area contributed by atoms with Gasteiger partial charge in [-0.3, -0.25) is 14.4 Å². The Labute approximate surface area is 288 Å². The van der Waals surface area contributed by atoms with Gasteiger partial charge in [-0.25, -0.2) is 14.5 Å². The number of hydrogen-bond acceptors (Lipinski definition) is 8. The topological polar surface area (TPSA) is 136 Å². The van der Waals surface area contributed by atoms with E-state index in [-0.39, 0.29) is 35.8 Å². The molecule has 0 atom stereocenters. The molecule has 254 valence electrons. The largest absolute Gasteiger partial charge is 0.494 e. The van der Waals surface area contributed by atoms with Crippen LogP contribution in [0.15, 0.2) is 84.0 Å². The number of nitrogens with zero attached hydrogens (tertiary/aromatic N) is 6. The van der Waals surface area contributed by atoms with Crippen molar-refractivity contribution in [2.45, 2.75) is 39.2 Å². The van der Waals surface area contributed by atoms with Crippen LogP contribution in [0.25, 0.3) is 27.5 Å². The SMILES string of the molecule is COc1c(Nc2cc(NC(=O)C3CC3)nn3ccnc23)cccc1-c1ccc2c(=O)n(Cc3cccc(C(=O)N(C)C)n3)cc(C(C)C)c2c1. The van der Waals surface area contributed by atoms with E-state index in [1.54, 1.807) is 60.9 Å². The van der Waals surface area contributed by atoms with Crippen molar-refractivity contribution in [1.82, 2.24) is 29.0 Å². The van der Waals surface area contributed by atoms with Gasteiger partial charge in [-0.05, 0) is 65.6 Å². The second kappa shape index (κ2) is 13.1. The summed E-state index contributed by atoms with van der Waals surface area (Å²) in [6.07, 6.45) is 7.07. The summed E-state index contributed by atoms with van der Waals surface area (Å²) in [5.41, 5.74) is 5.48. The smallest absolute Gasteiger partial charge is 0.271 e. The Bertz CT molecular complexity index is 2340. The fraction of sp³-hybridized carbons (Fsp3) is 0.263. The lowest BCUT2D eigenvalue weighted by atomic mass is 9.94. The van der Waals surface area contributed by atoms with Gasteiger partial charge in [0.2, 0.25) is 5.91 Å². The Morgan fingerprint density at radius 1 is 1.02 bits per heavy atom. The van der Waals surface area contributed by atoms with Crippen molar-refractivity contribution in [3.8, 4) is 16.9 Å². The normalized spacial score (nSPS) is 12.8. The van der Waals surface area contributed by atoms with Gasteiger partial charge in [-0.2, -0.15) is 0 Å². The summed E-state index contributed by atoms with van der Waals surface area (Å²) < 4.78 is 9.29. The molecular weight excluding hydrogens is 632 g/mol. The number of pyridine rings is 2. The second-order valence-corrected chi connectivity index (χ2v) is 13.1. The number of benzene rings is 2. The third-order valence-corrected chi connectivity index (χ3v) is 8.86. The maximum Gasteiger partial charge on any atom is 0.271 e. The van der Waals surface area contributed by atoms with Crippen LogP contribution in [0.1, 0.15) is 54.4 Å². The van der Waals surface area contributed by atoms with Crippen LogP contribution < -0.4 is 20.9 Å². The summed E-state index contributed by atoms with van der Waals surface area (Å²) in [5, 5.41) is 12.3. The number of methoxy groups -OCH3 is 1. The van der Waals surface area contributed by atoms with Gasteiger partial charge in [0.1, 0.15) is 11.4 Å². The molecule has 6 aromatic rings. The van der Waals surface area contributed by atoms with E-state index in [0.717, 1.165) is 34.9 Å². The first-order valence-electron chi connectivity index (χ1n) is 16.6. The van der Waals surface area contributed by atoms with Crippen molar-refractivity contribution in [1.29, 1.82) is 0 Å². The lowest BCUT2D eigenvalue weighted by molar-refractivity contribution is -0.117. The number of nitrogens with one attached hydrogen (secondary N) is 2. The molecular formula is C38H38N8O4. The fourth-order valence-electron chi connectivity index (χ4n) is 6.13. The number of amides is 2. The predicted octanol–water partition coefficient (Wildman–Crippen LogP) is 6.08. The Hall–Kier alpha value is -6.04. The van der Waals surface area contributed by atoms with Crippen molar-refractivity contribution in [2.24, 2.45) is 5.92 Å². The molecule has 12 nitrogen and oxygen atoms in total. The number of rotatable bonds is 10. The summed E-state index contributed by atoms with van der Waals surface area (Å²) in [5.74, 6) is 0.960. The van der Waals surface area contributed by atoms with E-state index >= 15 is 0 Å². The van der Waals surface area contributed by atoms with Gasteiger partial charge in [0.15, 0.2) is 11.5 Å². The number of imidazole rings is 1. The monoisotopic (exact) mass is 670 g/mol. The van der Waals surface area contributed by atoms with Crippen molar-refractivity contribution >= 4 is 45.4 Å². The molecule has 2 N–H and O–H groups in total. The molecule has 50 heavy (non-hydrogen) atoms. The lowest BCUT2D eigenvalue weighted by Gasteiger charge is -2.18. The van der Waals surface area contributed by atoms with Crippen LogP contribution in [-0.4, -0.2) is 62.1 Å². The van der Waals surface area contributed by atoms with Gasteiger partial charge in [0, 0.05) is 55.6 Å². The molecule has 7 rings (SSSR count). The minimum absolute atomic E-state index is 0.0336. The van der Waals surface area contributed by atoms with Crippen LogP contribution in [0, 0.1) is 5.92 Å². The molecule has 1 aliphatic carbocycles. The number of anilines is 3. The standard InChI is InChI=1S/C38H38N8O4/c1-22(2)29-21-45(20-25-8-6-11-31(40-25)38(49)44(3)4)37(48)27-15-14-24(18-28(27)29)26-9-7-10-30(34(26)50-5)41-32-19-33(42-36(47)23-12-13-23)43-46-17-16-39-35(32)46/h6-11,14-19,21-23,41H,12-13,20H2,1-5H3,(H,42,43,47). The minimum atomic E-state index is -0.194. The zero-order chi connectivity index (χ0) is 35.1. The quantitative estimate of drug-likeness (QED) is 0.179. The van der Waals surface area contributed by atoms with Gasteiger partial charge < -0.3 is 24.8 Å². The third kappa shape index (κ3) is 6.27. The van der Waals surface area contributed by atoms with Crippen molar-refractivity contribution in [3.05, 3.63) is 107 Å². The van der Waals surface area contributed by atoms with Gasteiger partial charge >= 0.3 is 0 Å². The summed E-state index contributed by atoms with van der Waals surface area (Å²) in [6, 6.07) is 18.7. The lowest BCUT2D eigenvalue weighted by Crippen LogP contribution is -2.25. The number of hydrogen-bond donors (Lipinski definition) is 2. The number of carbonyl (C=O) groups is 2. The Kier molecular flexibility index (Phi) is 8.52.